The highest BCUT2D eigenvalue weighted by Gasteiger charge is 2.17. The third kappa shape index (κ3) is 3.05. The molecule has 1 heterocycles. The first-order valence-electron chi connectivity index (χ1n) is 6.59. The molecule has 104 valence electrons. The van der Waals surface area contributed by atoms with Gasteiger partial charge in [0.25, 0.3) is 0 Å². The number of benzene rings is 1. The molecule has 2 atom stereocenters. The number of imidazole rings is 1. The smallest absolute Gasteiger partial charge is 0.323 e. The Kier molecular flexibility index (Phi) is 4.07. The Morgan fingerprint density at radius 1 is 1.26 bits per heavy atom. The fourth-order valence-electron chi connectivity index (χ4n) is 2.38. The highest BCUT2D eigenvalue weighted by atomic mass is 16.1. The number of rotatable bonds is 5. The van der Waals surface area contributed by atoms with Gasteiger partial charge in [0.15, 0.2) is 0 Å². The molecule has 2 rings (SSSR count). The third-order valence-electron chi connectivity index (χ3n) is 3.58. The standard InChI is InChI=1S/C14H22N4O/c1-9(8-15)6-13(18(2)3)10-4-5-11-12(7-10)17-14(19)16-11/h4-5,7,9,13H,6,8,15H2,1-3H3,(H2,16,17,19). The van der Waals surface area contributed by atoms with Crippen LogP contribution in [0.3, 0.4) is 0 Å². The number of fused-ring (bicyclic) bond motifs is 1. The molecule has 0 aliphatic carbocycles. The maximum Gasteiger partial charge on any atom is 0.323 e. The predicted molar refractivity (Wildman–Crippen MR) is 78.2 cm³/mol. The maximum atomic E-state index is 11.3. The molecule has 0 bridgehead atoms. The van der Waals surface area contributed by atoms with Crippen molar-refractivity contribution < 1.29 is 0 Å². The summed E-state index contributed by atoms with van der Waals surface area (Å²) < 4.78 is 0. The van der Waals surface area contributed by atoms with Gasteiger partial charge in [-0.3, -0.25) is 0 Å². The molecule has 0 saturated carbocycles. The number of H-pyrrole nitrogens is 2. The van der Waals surface area contributed by atoms with Crippen LogP contribution in [0.2, 0.25) is 0 Å². The molecule has 0 amide bonds. The van der Waals surface area contributed by atoms with Gasteiger partial charge in [-0.05, 0) is 50.7 Å². The van der Waals surface area contributed by atoms with Crippen LogP contribution in [0, 0.1) is 5.92 Å². The molecule has 4 N–H and O–H groups in total. The minimum atomic E-state index is -0.163. The summed E-state index contributed by atoms with van der Waals surface area (Å²) in [6.45, 7) is 2.85. The lowest BCUT2D eigenvalue weighted by molar-refractivity contribution is 0.255. The van der Waals surface area contributed by atoms with E-state index in [9.17, 15) is 4.79 Å². The van der Waals surface area contributed by atoms with Gasteiger partial charge >= 0.3 is 5.69 Å². The zero-order valence-corrected chi connectivity index (χ0v) is 11.7. The Morgan fingerprint density at radius 3 is 2.58 bits per heavy atom. The number of hydrogen-bond acceptors (Lipinski definition) is 3. The number of aromatic nitrogens is 2. The van der Waals surface area contributed by atoms with Crippen LogP contribution in [0.15, 0.2) is 23.0 Å². The van der Waals surface area contributed by atoms with Gasteiger partial charge in [0.1, 0.15) is 0 Å². The fourth-order valence-corrected chi connectivity index (χ4v) is 2.38. The topological polar surface area (TPSA) is 77.9 Å². The highest BCUT2D eigenvalue weighted by Crippen LogP contribution is 2.27. The second-order valence-electron chi connectivity index (χ2n) is 5.44. The van der Waals surface area contributed by atoms with E-state index in [1.807, 2.05) is 12.1 Å². The molecule has 0 radical (unpaired) electrons. The van der Waals surface area contributed by atoms with E-state index in [1.54, 1.807) is 0 Å². The van der Waals surface area contributed by atoms with Gasteiger partial charge in [-0.2, -0.15) is 0 Å². The zero-order chi connectivity index (χ0) is 14.0. The van der Waals surface area contributed by atoms with Crippen molar-refractivity contribution in [3.05, 3.63) is 34.2 Å². The fraction of sp³-hybridized carbons (Fsp3) is 0.500. The summed E-state index contributed by atoms with van der Waals surface area (Å²) in [5, 5.41) is 0. The van der Waals surface area contributed by atoms with E-state index in [2.05, 4.69) is 42.0 Å². The lowest BCUT2D eigenvalue weighted by Gasteiger charge is -2.27. The molecule has 0 saturated heterocycles. The van der Waals surface area contributed by atoms with Gasteiger partial charge < -0.3 is 20.6 Å². The second-order valence-corrected chi connectivity index (χ2v) is 5.44. The molecular weight excluding hydrogens is 240 g/mol. The minimum absolute atomic E-state index is 0.163. The number of hydrogen-bond donors (Lipinski definition) is 3. The number of nitrogens with two attached hydrogens (primary N) is 1. The van der Waals surface area contributed by atoms with Gasteiger partial charge in [-0.15, -0.1) is 0 Å². The van der Waals surface area contributed by atoms with E-state index in [0.717, 1.165) is 17.5 Å². The van der Waals surface area contributed by atoms with Crippen LogP contribution in [0.5, 0.6) is 0 Å². The van der Waals surface area contributed by atoms with Crippen molar-refractivity contribution in [3.8, 4) is 0 Å². The summed E-state index contributed by atoms with van der Waals surface area (Å²) in [4.78, 5) is 19.0. The monoisotopic (exact) mass is 262 g/mol. The first-order chi connectivity index (χ1) is 9.01. The normalized spacial score (nSPS) is 15.0. The maximum absolute atomic E-state index is 11.3. The number of nitrogens with zero attached hydrogens (tertiary/aromatic N) is 1. The number of nitrogens with one attached hydrogen (secondary N) is 2. The minimum Gasteiger partial charge on any atom is -0.330 e. The molecule has 19 heavy (non-hydrogen) atoms. The summed E-state index contributed by atoms with van der Waals surface area (Å²) in [6.07, 6.45) is 1.00. The van der Waals surface area contributed by atoms with Crippen molar-refractivity contribution in [2.75, 3.05) is 20.6 Å². The van der Waals surface area contributed by atoms with Gasteiger partial charge in [0.2, 0.25) is 0 Å². The average Bonchev–Trinajstić information content (AvgIpc) is 2.74. The summed E-state index contributed by atoms with van der Waals surface area (Å²) in [5.74, 6) is 0.466. The predicted octanol–water partition coefficient (Wildman–Crippen LogP) is 1.44. The van der Waals surface area contributed by atoms with Crippen LogP contribution >= 0.6 is 0 Å². The summed E-state index contributed by atoms with van der Waals surface area (Å²) in [7, 11) is 4.13. The van der Waals surface area contributed by atoms with Crippen molar-refractivity contribution >= 4 is 11.0 Å². The van der Waals surface area contributed by atoms with Crippen LogP contribution < -0.4 is 11.4 Å². The summed E-state index contributed by atoms with van der Waals surface area (Å²) in [5.41, 5.74) is 8.46. The molecule has 0 aliphatic rings. The second kappa shape index (κ2) is 5.59. The van der Waals surface area contributed by atoms with Gasteiger partial charge in [0.05, 0.1) is 11.0 Å². The van der Waals surface area contributed by atoms with Crippen molar-refractivity contribution in [1.29, 1.82) is 0 Å². The third-order valence-corrected chi connectivity index (χ3v) is 3.58. The quantitative estimate of drug-likeness (QED) is 0.763. The van der Waals surface area contributed by atoms with Crippen LogP contribution in [-0.2, 0) is 0 Å². The van der Waals surface area contributed by atoms with Crippen molar-refractivity contribution in [2.45, 2.75) is 19.4 Å². The Bertz CT molecular complexity index is 599. The van der Waals surface area contributed by atoms with Crippen LogP contribution in [0.4, 0.5) is 0 Å². The van der Waals surface area contributed by atoms with Crippen molar-refractivity contribution in [1.82, 2.24) is 14.9 Å². The van der Waals surface area contributed by atoms with E-state index < -0.39 is 0 Å². The molecule has 5 nitrogen and oxygen atoms in total. The largest absolute Gasteiger partial charge is 0.330 e. The Balaban J connectivity index is 2.35. The molecule has 1 aromatic heterocycles. The van der Waals surface area contributed by atoms with E-state index >= 15 is 0 Å². The van der Waals surface area contributed by atoms with Crippen LogP contribution in [0.25, 0.3) is 11.0 Å². The van der Waals surface area contributed by atoms with Gasteiger partial charge in [-0.1, -0.05) is 13.0 Å². The average molecular weight is 262 g/mol. The molecule has 0 spiro atoms. The van der Waals surface area contributed by atoms with E-state index in [-0.39, 0.29) is 5.69 Å². The Hall–Kier alpha value is -1.59. The highest BCUT2D eigenvalue weighted by molar-refractivity contribution is 5.75. The van der Waals surface area contributed by atoms with Gasteiger partial charge in [-0.25, -0.2) is 4.79 Å². The summed E-state index contributed by atoms with van der Waals surface area (Å²) in [6, 6.07) is 6.37. The first kappa shape index (κ1) is 13.8. The number of aromatic amines is 2. The molecule has 1 aromatic carbocycles. The van der Waals surface area contributed by atoms with Crippen molar-refractivity contribution in [3.63, 3.8) is 0 Å². The first-order valence-corrected chi connectivity index (χ1v) is 6.59. The Morgan fingerprint density at radius 2 is 1.95 bits per heavy atom. The van der Waals surface area contributed by atoms with E-state index in [4.69, 9.17) is 5.73 Å². The molecule has 5 heteroatoms. The van der Waals surface area contributed by atoms with Gasteiger partial charge in [0, 0.05) is 6.04 Å². The lowest BCUT2D eigenvalue weighted by atomic mass is 9.95. The van der Waals surface area contributed by atoms with E-state index in [0.29, 0.717) is 18.5 Å². The van der Waals surface area contributed by atoms with Crippen LogP contribution in [-0.4, -0.2) is 35.5 Å². The molecule has 0 fully saturated rings. The molecule has 0 aliphatic heterocycles. The van der Waals surface area contributed by atoms with Crippen molar-refractivity contribution in [2.24, 2.45) is 11.7 Å². The lowest BCUT2D eigenvalue weighted by Crippen LogP contribution is -2.24. The SMILES string of the molecule is CC(CN)CC(c1ccc2[nH]c(=O)[nH]c2c1)N(C)C. The molecule has 2 unspecified atom stereocenters. The summed E-state index contributed by atoms with van der Waals surface area (Å²) >= 11 is 0. The molecular formula is C14H22N4O. The Labute approximate surface area is 112 Å². The zero-order valence-electron chi connectivity index (χ0n) is 11.7. The molecule has 2 aromatic rings. The van der Waals surface area contributed by atoms with Crippen LogP contribution in [0.1, 0.15) is 24.9 Å². The van der Waals surface area contributed by atoms with E-state index in [1.165, 1.54) is 5.56 Å².